The second-order valence-electron chi connectivity index (χ2n) is 7.68. The third kappa shape index (κ3) is 5.29. The van der Waals surface area contributed by atoms with Gasteiger partial charge in [0, 0.05) is 24.8 Å². The van der Waals surface area contributed by atoms with Crippen molar-refractivity contribution < 1.29 is 27.4 Å². The highest BCUT2D eigenvalue weighted by atomic mass is 32.2. The van der Waals surface area contributed by atoms with E-state index in [0.717, 1.165) is 19.3 Å². The molecule has 1 N–H and O–H groups in total. The van der Waals surface area contributed by atoms with E-state index in [2.05, 4.69) is 5.32 Å². The number of carbonyl (C=O) groups excluding carboxylic acids is 1. The highest BCUT2D eigenvalue weighted by molar-refractivity contribution is 7.88. The first-order valence-corrected chi connectivity index (χ1v) is 12.0. The SMILES string of the molecule is C[C@@H](Oc1ccc2c(c1)OCO2)C(=O)Nc1cccc(CS(=O)(=O)N2CCCCC2)c1. The predicted molar refractivity (Wildman–Crippen MR) is 116 cm³/mol. The fraction of sp³-hybridized carbons (Fsp3) is 0.409. The summed E-state index contributed by atoms with van der Waals surface area (Å²) in [5.74, 6) is 1.29. The molecule has 8 nitrogen and oxygen atoms in total. The van der Waals surface area contributed by atoms with Crippen molar-refractivity contribution in [1.82, 2.24) is 4.31 Å². The Hall–Kier alpha value is -2.78. The molecular weight excluding hydrogens is 420 g/mol. The first-order chi connectivity index (χ1) is 14.9. The lowest BCUT2D eigenvalue weighted by molar-refractivity contribution is -0.122. The molecule has 2 aromatic rings. The van der Waals surface area contributed by atoms with Crippen molar-refractivity contribution in [2.24, 2.45) is 0 Å². The van der Waals surface area contributed by atoms with Gasteiger partial charge in [-0.3, -0.25) is 4.79 Å². The Labute approximate surface area is 182 Å². The van der Waals surface area contributed by atoms with E-state index in [1.165, 1.54) is 0 Å². The maximum Gasteiger partial charge on any atom is 0.265 e. The van der Waals surface area contributed by atoms with E-state index in [1.807, 2.05) is 0 Å². The maximum absolute atomic E-state index is 12.7. The molecule has 2 aromatic carbocycles. The van der Waals surface area contributed by atoms with Crippen molar-refractivity contribution in [3.05, 3.63) is 48.0 Å². The smallest absolute Gasteiger partial charge is 0.265 e. The van der Waals surface area contributed by atoms with Gasteiger partial charge in [0.1, 0.15) is 5.75 Å². The lowest BCUT2D eigenvalue weighted by Crippen LogP contribution is -2.36. The number of hydrogen-bond acceptors (Lipinski definition) is 6. The number of sulfonamides is 1. The summed E-state index contributed by atoms with van der Waals surface area (Å²) in [7, 11) is -3.37. The molecule has 0 bridgehead atoms. The van der Waals surface area contributed by atoms with Gasteiger partial charge in [-0.15, -0.1) is 0 Å². The number of amides is 1. The number of rotatable bonds is 7. The number of benzene rings is 2. The van der Waals surface area contributed by atoms with Crippen LogP contribution < -0.4 is 19.5 Å². The molecule has 9 heteroatoms. The molecular formula is C22H26N2O6S. The standard InChI is InChI=1S/C22H26N2O6S/c1-16(30-19-8-9-20-21(13-19)29-15-28-20)22(25)23-18-7-5-6-17(12-18)14-31(26,27)24-10-3-2-4-11-24/h5-9,12-13,16H,2-4,10-11,14-15H2,1H3,(H,23,25)/t16-/m1/s1. The number of hydrogen-bond donors (Lipinski definition) is 1. The number of anilines is 1. The minimum Gasteiger partial charge on any atom is -0.481 e. The van der Waals surface area contributed by atoms with E-state index in [9.17, 15) is 13.2 Å². The van der Waals surface area contributed by atoms with Crippen LogP contribution in [-0.2, 0) is 20.6 Å². The predicted octanol–water partition coefficient (Wildman–Crippen LogP) is 3.14. The largest absolute Gasteiger partial charge is 0.481 e. The highest BCUT2D eigenvalue weighted by Crippen LogP contribution is 2.35. The number of carbonyl (C=O) groups is 1. The molecule has 0 aliphatic carbocycles. The molecule has 0 aromatic heterocycles. The van der Waals surface area contributed by atoms with Gasteiger partial charge in [0.2, 0.25) is 16.8 Å². The summed E-state index contributed by atoms with van der Waals surface area (Å²) in [6, 6.07) is 12.0. The van der Waals surface area contributed by atoms with Crippen LogP contribution in [0.25, 0.3) is 0 Å². The summed E-state index contributed by atoms with van der Waals surface area (Å²) in [6.07, 6.45) is 2.11. The number of nitrogens with one attached hydrogen (secondary N) is 1. The molecule has 0 spiro atoms. The van der Waals surface area contributed by atoms with Gasteiger partial charge in [-0.05, 0) is 49.6 Å². The lowest BCUT2D eigenvalue weighted by atomic mass is 10.2. The average Bonchev–Trinajstić information content (AvgIpc) is 3.22. The monoisotopic (exact) mass is 446 g/mol. The van der Waals surface area contributed by atoms with Crippen LogP contribution in [0.5, 0.6) is 17.2 Å². The molecule has 2 heterocycles. The minimum atomic E-state index is -3.37. The minimum absolute atomic E-state index is 0.0834. The molecule has 2 aliphatic heterocycles. The van der Waals surface area contributed by atoms with Gasteiger partial charge < -0.3 is 19.5 Å². The van der Waals surface area contributed by atoms with Crippen molar-refractivity contribution in [3.8, 4) is 17.2 Å². The second kappa shape index (κ2) is 9.15. The van der Waals surface area contributed by atoms with E-state index < -0.39 is 16.1 Å². The third-order valence-electron chi connectivity index (χ3n) is 5.28. The topological polar surface area (TPSA) is 94.2 Å². The van der Waals surface area contributed by atoms with Gasteiger partial charge in [-0.1, -0.05) is 18.6 Å². The van der Waals surface area contributed by atoms with Crippen molar-refractivity contribution in [2.45, 2.75) is 38.0 Å². The fourth-order valence-corrected chi connectivity index (χ4v) is 5.23. The molecule has 1 amide bonds. The Kier molecular flexibility index (Phi) is 6.33. The number of fused-ring (bicyclic) bond motifs is 1. The van der Waals surface area contributed by atoms with Gasteiger partial charge in [-0.2, -0.15) is 0 Å². The number of ether oxygens (including phenoxy) is 3. The van der Waals surface area contributed by atoms with Crippen LogP contribution >= 0.6 is 0 Å². The normalized spacial score (nSPS) is 17.2. The molecule has 31 heavy (non-hydrogen) atoms. The fourth-order valence-electron chi connectivity index (χ4n) is 3.64. The summed E-state index contributed by atoms with van der Waals surface area (Å²) >= 11 is 0. The summed E-state index contributed by atoms with van der Waals surface area (Å²) in [4.78, 5) is 12.6. The van der Waals surface area contributed by atoms with Gasteiger partial charge >= 0.3 is 0 Å². The Bertz CT molecular complexity index is 1050. The second-order valence-corrected chi connectivity index (χ2v) is 9.65. The molecule has 0 saturated carbocycles. The Morgan fingerprint density at radius 2 is 1.87 bits per heavy atom. The molecule has 0 unspecified atom stereocenters. The van der Waals surface area contributed by atoms with E-state index in [-0.39, 0.29) is 18.5 Å². The molecule has 1 fully saturated rings. The first kappa shape index (κ1) is 21.5. The van der Waals surface area contributed by atoms with E-state index >= 15 is 0 Å². The molecule has 0 radical (unpaired) electrons. The Morgan fingerprint density at radius 3 is 2.68 bits per heavy atom. The van der Waals surface area contributed by atoms with Gasteiger partial charge in [0.15, 0.2) is 17.6 Å². The molecule has 1 atom stereocenters. The quantitative estimate of drug-likeness (QED) is 0.702. The number of piperidine rings is 1. The Morgan fingerprint density at radius 1 is 1.10 bits per heavy atom. The lowest BCUT2D eigenvalue weighted by Gasteiger charge is -2.26. The molecule has 1 saturated heterocycles. The zero-order valence-electron chi connectivity index (χ0n) is 17.4. The van der Waals surface area contributed by atoms with E-state index in [1.54, 1.807) is 53.7 Å². The van der Waals surface area contributed by atoms with Crippen molar-refractivity contribution in [1.29, 1.82) is 0 Å². The zero-order valence-corrected chi connectivity index (χ0v) is 18.2. The average molecular weight is 447 g/mol. The van der Waals surface area contributed by atoms with Crippen LogP contribution in [0, 0.1) is 0 Å². The highest BCUT2D eigenvalue weighted by Gasteiger charge is 2.24. The maximum atomic E-state index is 12.7. The van der Waals surface area contributed by atoms with Crippen LogP contribution in [0.2, 0.25) is 0 Å². The van der Waals surface area contributed by atoms with Gasteiger partial charge in [0.05, 0.1) is 5.75 Å². The van der Waals surface area contributed by atoms with E-state index in [4.69, 9.17) is 14.2 Å². The van der Waals surface area contributed by atoms with Crippen LogP contribution in [0.4, 0.5) is 5.69 Å². The van der Waals surface area contributed by atoms with Crippen LogP contribution in [0.15, 0.2) is 42.5 Å². The van der Waals surface area contributed by atoms with Gasteiger partial charge in [-0.25, -0.2) is 12.7 Å². The van der Waals surface area contributed by atoms with Crippen LogP contribution in [-0.4, -0.2) is 44.6 Å². The first-order valence-electron chi connectivity index (χ1n) is 10.3. The summed E-state index contributed by atoms with van der Waals surface area (Å²) in [5, 5.41) is 2.79. The van der Waals surface area contributed by atoms with E-state index in [0.29, 0.717) is 41.6 Å². The summed E-state index contributed by atoms with van der Waals surface area (Å²) < 4.78 is 43.2. The zero-order chi connectivity index (χ0) is 21.8. The van der Waals surface area contributed by atoms with Crippen LogP contribution in [0.3, 0.4) is 0 Å². The van der Waals surface area contributed by atoms with Gasteiger partial charge in [0.25, 0.3) is 5.91 Å². The molecule has 166 valence electrons. The molecule has 4 rings (SSSR count). The summed E-state index contributed by atoms with van der Waals surface area (Å²) in [6.45, 7) is 2.96. The Balaban J connectivity index is 1.37. The van der Waals surface area contributed by atoms with Crippen molar-refractivity contribution in [2.75, 3.05) is 25.2 Å². The van der Waals surface area contributed by atoms with Crippen LogP contribution in [0.1, 0.15) is 31.7 Å². The van der Waals surface area contributed by atoms with Crippen molar-refractivity contribution in [3.63, 3.8) is 0 Å². The number of nitrogens with zero attached hydrogens (tertiary/aromatic N) is 1. The molecule has 2 aliphatic rings. The van der Waals surface area contributed by atoms with Crippen molar-refractivity contribution >= 4 is 21.6 Å². The third-order valence-corrected chi connectivity index (χ3v) is 7.13. The summed E-state index contributed by atoms with van der Waals surface area (Å²) in [5.41, 5.74) is 1.16.